The summed E-state index contributed by atoms with van der Waals surface area (Å²) in [5.41, 5.74) is 0. The average Bonchev–Trinajstić information content (AvgIpc) is 2.35. The van der Waals surface area contributed by atoms with Gasteiger partial charge in [-0.2, -0.15) is 0 Å². The van der Waals surface area contributed by atoms with Gasteiger partial charge in [-0.1, -0.05) is 12.1 Å². The van der Waals surface area contributed by atoms with Crippen LogP contribution in [0.15, 0.2) is 64.1 Å². The molecule has 0 amide bonds. The number of hydrogen-bond donors (Lipinski definition) is 0. The third kappa shape index (κ3) is 3.15. The normalized spacial score (nSPS) is 11.6. The Hall–Kier alpha value is 0.310. The molecule has 0 atom stereocenters. The SMILES string of the molecule is O=S(=O)(c1cc(Br)c(Br)c(Br)c1)c1ccccc1Br. The smallest absolute Gasteiger partial charge is 0.207 e. The molecule has 2 aromatic rings. The first-order valence-corrected chi connectivity index (χ1v) is 9.63. The van der Waals surface area contributed by atoms with Crippen molar-refractivity contribution >= 4 is 73.6 Å². The van der Waals surface area contributed by atoms with Gasteiger partial charge in [0.2, 0.25) is 9.84 Å². The number of rotatable bonds is 2. The second-order valence-corrected chi connectivity index (χ2v) is 8.91. The first-order valence-electron chi connectivity index (χ1n) is 4.98. The van der Waals surface area contributed by atoms with Crippen LogP contribution >= 0.6 is 63.7 Å². The summed E-state index contributed by atoms with van der Waals surface area (Å²) in [5, 5.41) is 0. The summed E-state index contributed by atoms with van der Waals surface area (Å²) in [5.74, 6) is 0. The molecule has 2 aromatic carbocycles. The van der Waals surface area contributed by atoms with Crippen LogP contribution in [0.3, 0.4) is 0 Å². The van der Waals surface area contributed by atoms with E-state index in [1.165, 1.54) is 0 Å². The van der Waals surface area contributed by atoms with Crippen molar-refractivity contribution in [2.45, 2.75) is 9.79 Å². The predicted octanol–water partition coefficient (Wildman–Crippen LogP) is 5.57. The molecule has 19 heavy (non-hydrogen) atoms. The Morgan fingerprint density at radius 2 is 1.32 bits per heavy atom. The molecule has 0 aliphatic carbocycles. The summed E-state index contributed by atoms with van der Waals surface area (Å²) in [4.78, 5) is 0.470. The predicted molar refractivity (Wildman–Crippen MR) is 89.1 cm³/mol. The van der Waals surface area contributed by atoms with E-state index in [0.29, 0.717) is 13.4 Å². The zero-order valence-corrected chi connectivity index (χ0v) is 16.4. The topological polar surface area (TPSA) is 34.1 Å². The Balaban J connectivity index is 2.68. The zero-order chi connectivity index (χ0) is 14.2. The zero-order valence-electron chi connectivity index (χ0n) is 9.20. The second-order valence-electron chi connectivity index (χ2n) is 3.63. The van der Waals surface area contributed by atoms with Crippen molar-refractivity contribution in [3.8, 4) is 0 Å². The minimum atomic E-state index is -3.56. The number of hydrogen-bond acceptors (Lipinski definition) is 2. The Kier molecular flexibility index (Phi) is 4.93. The van der Waals surface area contributed by atoms with Crippen molar-refractivity contribution < 1.29 is 8.42 Å². The molecule has 0 bridgehead atoms. The van der Waals surface area contributed by atoms with E-state index in [4.69, 9.17) is 0 Å². The van der Waals surface area contributed by atoms with Crippen LogP contribution in [0.1, 0.15) is 0 Å². The summed E-state index contributed by atoms with van der Waals surface area (Å²) in [6.07, 6.45) is 0. The Morgan fingerprint density at radius 3 is 1.84 bits per heavy atom. The highest BCUT2D eigenvalue weighted by Crippen LogP contribution is 2.36. The summed E-state index contributed by atoms with van der Waals surface area (Å²) >= 11 is 13.3. The summed E-state index contributed by atoms with van der Waals surface area (Å²) in [6.45, 7) is 0. The van der Waals surface area contributed by atoms with Crippen LogP contribution in [-0.2, 0) is 9.84 Å². The van der Waals surface area contributed by atoms with E-state index in [1.54, 1.807) is 36.4 Å². The van der Waals surface area contributed by atoms with E-state index < -0.39 is 9.84 Å². The third-order valence-electron chi connectivity index (χ3n) is 2.39. The fraction of sp³-hybridized carbons (Fsp3) is 0. The number of benzene rings is 2. The van der Waals surface area contributed by atoms with E-state index in [9.17, 15) is 8.42 Å². The lowest BCUT2D eigenvalue weighted by Crippen LogP contribution is -2.03. The highest BCUT2D eigenvalue weighted by Gasteiger charge is 2.22. The first-order chi connectivity index (χ1) is 8.84. The highest BCUT2D eigenvalue weighted by molar-refractivity contribution is 9.14. The van der Waals surface area contributed by atoms with Crippen LogP contribution in [0, 0.1) is 0 Å². The molecule has 0 N–H and O–H groups in total. The van der Waals surface area contributed by atoms with Gasteiger partial charge in [0.05, 0.1) is 9.79 Å². The molecule has 7 heteroatoms. The van der Waals surface area contributed by atoms with Crippen LogP contribution in [0.5, 0.6) is 0 Å². The molecular formula is C12H6Br4O2S. The fourth-order valence-corrected chi connectivity index (χ4v) is 5.50. The van der Waals surface area contributed by atoms with Crippen molar-refractivity contribution in [2.24, 2.45) is 0 Å². The maximum absolute atomic E-state index is 12.6. The van der Waals surface area contributed by atoms with Gasteiger partial charge >= 0.3 is 0 Å². The molecule has 0 spiro atoms. The van der Waals surface area contributed by atoms with Gasteiger partial charge in [-0.05, 0) is 88.0 Å². The Labute approximate surface area is 145 Å². The summed E-state index contributed by atoms with van der Waals surface area (Å²) in [7, 11) is -3.56. The minimum absolute atomic E-state index is 0.223. The van der Waals surface area contributed by atoms with Crippen molar-refractivity contribution in [1.82, 2.24) is 0 Å². The van der Waals surface area contributed by atoms with Gasteiger partial charge in [0.15, 0.2) is 0 Å². The third-order valence-corrected chi connectivity index (χ3v) is 8.31. The lowest BCUT2D eigenvalue weighted by atomic mass is 10.4. The van der Waals surface area contributed by atoms with E-state index >= 15 is 0 Å². The quantitative estimate of drug-likeness (QED) is 0.473. The summed E-state index contributed by atoms with van der Waals surface area (Å²) in [6, 6.07) is 9.89. The van der Waals surface area contributed by atoms with Gasteiger partial charge in [0, 0.05) is 17.9 Å². The van der Waals surface area contributed by atoms with E-state index in [1.807, 2.05) is 0 Å². The van der Waals surface area contributed by atoms with Gasteiger partial charge < -0.3 is 0 Å². The van der Waals surface area contributed by atoms with Crippen LogP contribution in [0.2, 0.25) is 0 Å². The molecule has 0 heterocycles. The molecule has 0 aliphatic heterocycles. The minimum Gasteiger partial charge on any atom is -0.218 e. The first kappa shape index (κ1) is 15.7. The molecule has 2 nitrogen and oxygen atoms in total. The average molecular weight is 534 g/mol. The van der Waals surface area contributed by atoms with Crippen molar-refractivity contribution in [3.05, 3.63) is 54.3 Å². The molecule has 0 fully saturated rings. The van der Waals surface area contributed by atoms with E-state index in [2.05, 4.69) is 63.7 Å². The van der Waals surface area contributed by atoms with Crippen LogP contribution in [-0.4, -0.2) is 8.42 Å². The highest BCUT2D eigenvalue weighted by atomic mass is 79.9. The number of sulfone groups is 1. The van der Waals surface area contributed by atoms with Gasteiger partial charge in [-0.25, -0.2) is 8.42 Å². The monoisotopic (exact) mass is 530 g/mol. The Morgan fingerprint density at radius 1 is 0.789 bits per heavy atom. The van der Waals surface area contributed by atoms with Gasteiger partial charge in [0.1, 0.15) is 0 Å². The van der Waals surface area contributed by atoms with Gasteiger partial charge in [-0.3, -0.25) is 0 Å². The van der Waals surface area contributed by atoms with Crippen LogP contribution < -0.4 is 0 Å². The van der Waals surface area contributed by atoms with Crippen LogP contribution in [0.4, 0.5) is 0 Å². The standard InChI is InChI=1S/C12H6Br4O2S/c13-8-3-1-2-4-11(8)19(17,18)7-5-9(14)12(16)10(15)6-7/h1-6H. The molecule has 0 aliphatic rings. The molecule has 0 saturated carbocycles. The molecule has 0 saturated heterocycles. The van der Waals surface area contributed by atoms with Crippen molar-refractivity contribution in [3.63, 3.8) is 0 Å². The van der Waals surface area contributed by atoms with Crippen molar-refractivity contribution in [1.29, 1.82) is 0 Å². The second kappa shape index (κ2) is 5.97. The van der Waals surface area contributed by atoms with E-state index in [0.717, 1.165) is 4.47 Å². The fourth-order valence-electron chi connectivity index (χ4n) is 1.48. The van der Waals surface area contributed by atoms with Gasteiger partial charge in [-0.15, -0.1) is 0 Å². The summed E-state index contributed by atoms with van der Waals surface area (Å²) < 4.78 is 27.8. The molecule has 2 rings (SSSR count). The van der Waals surface area contributed by atoms with Crippen molar-refractivity contribution in [2.75, 3.05) is 0 Å². The number of halogens is 4. The van der Waals surface area contributed by atoms with Gasteiger partial charge in [0.25, 0.3) is 0 Å². The Bertz CT molecular complexity index is 718. The van der Waals surface area contributed by atoms with Crippen LogP contribution in [0.25, 0.3) is 0 Å². The maximum atomic E-state index is 12.6. The largest absolute Gasteiger partial charge is 0.218 e. The lowest BCUT2D eigenvalue weighted by molar-refractivity contribution is 0.595. The maximum Gasteiger partial charge on any atom is 0.207 e. The molecule has 100 valence electrons. The molecule has 0 aromatic heterocycles. The lowest BCUT2D eigenvalue weighted by Gasteiger charge is -2.09. The van der Waals surface area contributed by atoms with E-state index in [-0.39, 0.29) is 9.79 Å². The molecular weight excluding hydrogens is 528 g/mol. The molecule has 0 unspecified atom stereocenters. The molecule has 0 radical (unpaired) electrons.